The Hall–Kier alpha value is -2.19. The minimum atomic E-state index is -1.83. The second-order valence-electron chi connectivity index (χ2n) is 7.09. The Kier molecular flexibility index (Phi) is 7.37. The molecule has 0 bridgehead atoms. The Morgan fingerprint density at radius 3 is 2.46 bits per heavy atom. The lowest BCUT2D eigenvalue weighted by molar-refractivity contribution is -0.153. The number of carbonyl (C=O) groups excluding carboxylic acids is 3. The van der Waals surface area contributed by atoms with E-state index >= 15 is 0 Å². The maximum atomic E-state index is 13.4. The molecular formula is C20H26N2O5S. The van der Waals surface area contributed by atoms with Gasteiger partial charge in [-0.05, 0) is 38.2 Å². The summed E-state index contributed by atoms with van der Waals surface area (Å²) in [6.07, 6.45) is 1.50. The topological polar surface area (TPSA) is 118 Å². The van der Waals surface area contributed by atoms with Gasteiger partial charge in [0.05, 0.1) is 5.25 Å². The predicted octanol–water partition coefficient (Wildman–Crippen LogP) is 1.63. The Balaban J connectivity index is 2.34. The number of benzene rings is 1. The van der Waals surface area contributed by atoms with E-state index in [1.807, 2.05) is 30.3 Å². The number of carboxylic acid groups (broad SMARTS) is 1. The fourth-order valence-electron chi connectivity index (χ4n) is 3.39. The van der Waals surface area contributed by atoms with Gasteiger partial charge in [0.25, 0.3) is 5.91 Å². The van der Waals surface area contributed by atoms with Gasteiger partial charge in [0.2, 0.25) is 0 Å². The SMILES string of the molecule is CC(=O)SC(Cc1ccccc1)C(=O)C1(N)CCCCN(C(C)C(=O)O)C1=O. The number of ketones is 1. The lowest BCUT2D eigenvalue weighted by Gasteiger charge is -2.34. The number of aliphatic carboxylic acids is 1. The molecule has 28 heavy (non-hydrogen) atoms. The average molecular weight is 407 g/mol. The van der Waals surface area contributed by atoms with E-state index in [0.29, 0.717) is 12.8 Å². The maximum Gasteiger partial charge on any atom is 0.326 e. The van der Waals surface area contributed by atoms with E-state index in [4.69, 9.17) is 5.73 Å². The van der Waals surface area contributed by atoms with Crippen LogP contribution in [0.25, 0.3) is 0 Å². The summed E-state index contributed by atoms with van der Waals surface area (Å²) in [4.78, 5) is 50.8. The Morgan fingerprint density at radius 2 is 1.89 bits per heavy atom. The van der Waals surface area contributed by atoms with E-state index in [2.05, 4.69) is 0 Å². The fourth-order valence-corrected chi connectivity index (χ4v) is 4.38. The first-order valence-corrected chi connectivity index (χ1v) is 10.1. The largest absolute Gasteiger partial charge is 0.480 e. The minimum Gasteiger partial charge on any atom is -0.480 e. The van der Waals surface area contributed by atoms with Crippen molar-refractivity contribution in [3.05, 3.63) is 35.9 Å². The zero-order valence-electron chi connectivity index (χ0n) is 16.1. The summed E-state index contributed by atoms with van der Waals surface area (Å²) < 4.78 is 0. The average Bonchev–Trinajstić information content (AvgIpc) is 2.80. The maximum absolute atomic E-state index is 13.4. The molecule has 3 N–H and O–H groups in total. The number of thioether (sulfide) groups is 1. The van der Waals surface area contributed by atoms with Crippen LogP contribution in [0.2, 0.25) is 0 Å². The Bertz CT molecular complexity index is 754. The molecule has 1 aromatic rings. The summed E-state index contributed by atoms with van der Waals surface area (Å²) in [5.41, 5.74) is 5.37. The van der Waals surface area contributed by atoms with Crippen molar-refractivity contribution < 1.29 is 24.3 Å². The van der Waals surface area contributed by atoms with Crippen molar-refractivity contribution >= 4 is 34.5 Å². The van der Waals surface area contributed by atoms with Crippen LogP contribution in [0.1, 0.15) is 38.7 Å². The molecule has 0 radical (unpaired) electrons. The highest BCUT2D eigenvalue weighted by atomic mass is 32.2. The number of nitrogens with two attached hydrogens (primary N) is 1. The standard InChI is InChI=1S/C20H26N2O5S/c1-13(18(25)26)22-11-7-6-10-20(21,19(22)27)17(24)16(28-14(2)23)12-15-8-4-3-5-9-15/h3-5,8-9,13,16H,6-7,10-12,21H2,1-2H3,(H,25,26). The van der Waals surface area contributed by atoms with Crippen molar-refractivity contribution in [1.29, 1.82) is 0 Å². The number of rotatable bonds is 7. The molecule has 8 heteroatoms. The number of carbonyl (C=O) groups is 4. The number of hydrogen-bond donors (Lipinski definition) is 2. The van der Waals surface area contributed by atoms with Crippen LogP contribution < -0.4 is 5.73 Å². The van der Waals surface area contributed by atoms with Crippen molar-refractivity contribution in [3.63, 3.8) is 0 Å². The van der Waals surface area contributed by atoms with Crippen LogP contribution in [0, 0.1) is 0 Å². The van der Waals surface area contributed by atoms with Gasteiger partial charge in [-0.25, -0.2) is 4.79 Å². The molecule has 1 amide bonds. The third kappa shape index (κ3) is 4.99. The Morgan fingerprint density at radius 1 is 1.25 bits per heavy atom. The highest BCUT2D eigenvalue weighted by Crippen LogP contribution is 2.29. The van der Waals surface area contributed by atoms with Gasteiger partial charge < -0.3 is 15.7 Å². The molecule has 0 aliphatic carbocycles. The van der Waals surface area contributed by atoms with E-state index < -0.39 is 34.5 Å². The van der Waals surface area contributed by atoms with Gasteiger partial charge in [-0.3, -0.25) is 14.4 Å². The second kappa shape index (κ2) is 9.34. The lowest BCUT2D eigenvalue weighted by atomic mass is 9.85. The van der Waals surface area contributed by atoms with Gasteiger partial charge in [-0.15, -0.1) is 0 Å². The first-order valence-electron chi connectivity index (χ1n) is 9.25. The molecule has 7 nitrogen and oxygen atoms in total. The summed E-state index contributed by atoms with van der Waals surface area (Å²) in [6, 6.07) is 8.13. The first kappa shape index (κ1) is 22.1. The summed E-state index contributed by atoms with van der Waals surface area (Å²) in [6.45, 7) is 3.01. The van der Waals surface area contributed by atoms with Crippen LogP contribution in [0.4, 0.5) is 0 Å². The number of Topliss-reactive ketones (excluding diaryl/α,β-unsaturated/α-hetero) is 1. The van der Waals surface area contributed by atoms with Crippen molar-refractivity contribution in [3.8, 4) is 0 Å². The van der Waals surface area contributed by atoms with Crippen LogP contribution >= 0.6 is 11.8 Å². The highest BCUT2D eigenvalue weighted by Gasteiger charge is 2.49. The van der Waals surface area contributed by atoms with E-state index in [-0.39, 0.29) is 24.5 Å². The molecule has 0 aromatic heterocycles. The molecule has 1 aliphatic heterocycles. The minimum absolute atomic E-state index is 0.136. The molecule has 3 unspecified atom stereocenters. The molecule has 2 rings (SSSR count). The van der Waals surface area contributed by atoms with E-state index in [9.17, 15) is 24.3 Å². The molecule has 1 saturated heterocycles. The van der Waals surface area contributed by atoms with Crippen molar-refractivity contribution in [2.24, 2.45) is 5.73 Å². The van der Waals surface area contributed by atoms with Crippen molar-refractivity contribution in [2.75, 3.05) is 6.54 Å². The van der Waals surface area contributed by atoms with Crippen LogP contribution in [-0.4, -0.2) is 56.2 Å². The number of amides is 1. The van der Waals surface area contributed by atoms with Crippen molar-refractivity contribution in [1.82, 2.24) is 4.90 Å². The van der Waals surface area contributed by atoms with E-state index in [1.165, 1.54) is 18.7 Å². The first-order chi connectivity index (χ1) is 13.2. The zero-order valence-corrected chi connectivity index (χ0v) is 16.9. The summed E-state index contributed by atoms with van der Waals surface area (Å²) >= 11 is 0.864. The quantitative estimate of drug-likeness (QED) is 0.661. The monoisotopic (exact) mass is 406 g/mol. The van der Waals surface area contributed by atoms with Gasteiger partial charge >= 0.3 is 5.97 Å². The number of likely N-dealkylation sites (tertiary alicyclic amines) is 1. The Labute approximate surface area is 168 Å². The smallest absolute Gasteiger partial charge is 0.326 e. The molecule has 0 saturated carbocycles. The summed E-state index contributed by atoms with van der Waals surface area (Å²) in [5, 5.41) is 8.26. The normalized spacial score (nSPS) is 22.2. The van der Waals surface area contributed by atoms with Crippen LogP contribution in [-0.2, 0) is 25.6 Å². The fraction of sp³-hybridized carbons (Fsp3) is 0.500. The molecule has 152 valence electrons. The zero-order chi connectivity index (χ0) is 20.9. The molecule has 0 spiro atoms. The number of carboxylic acids is 1. The molecule has 1 aromatic carbocycles. The van der Waals surface area contributed by atoms with Crippen LogP contribution in [0.5, 0.6) is 0 Å². The van der Waals surface area contributed by atoms with E-state index in [1.54, 1.807) is 0 Å². The van der Waals surface area contributed by atoms with Crippen LogP contribution in [0.15, 0.2) is 30.3 Å². The summed E-state index contributed by atoms with van der Waals surface area (Å²) in [5.74, 6) is -2.35. The molecule has 1 fully saturated rings. The van der Waals surface area contributed by atoms with Gasteiger partial charge in [0.15, 0.2) is 16.4 Å². The molecule has 1 aliphatic rings. The van der Waals surface area contributed by atoms with Gasteiger partial charge in [0, 0.05) is 13.5 Å². The highest BCUT2D eigenvalue weighted by molar-refractivity contribution is 8.14. The molecule has 3 atom stereocenters. The van der Waals surface area contributed by atoms with Crippen molar-refractivity contribution in [2.45, 2.75) is 56.4 Å². The molecule has 1 heterocycles. The predicted molar refractivity (Wildman–Crippen MR) is 107 cm³/mol. The lowest BCUT2D eigenvalue weighted by Crippen LogP contribution is -2.64. The summed E-state index contributed by atoms with van der Waals surface area (Å²) in [7, 11) is 0. The second-order valence-corrected chi connectivity index (χ2v) is 8.47. The van der Waals surface area contributed by atoms with Gasteiger partial charge in [0.1, 0.15) is 6.04 Å². The van der Waals surface area contributed by atoms with Gasteiger partial charge in [-0.1, -0.05) is 42.1 Å². The van der Waals surface area contributed by atoms with Crippen LogP contribution in [0.3, 0.4) is 0 Å². The van der Waals surface area contributed by atoms with E-state index in [0.717, 1.165) is 17.3 Å². The third-order valence-corrected chi connectivity index (χ3v) is 5.99. The van der Waals surface area contributed by atoms with Gasteiger partial charge in [-0.2, -0.15) is 0 Å². The third-order valence-electron chi connectivity index (χ3n) is 4.99. The number of hydrogen-bond acceptors (Lipinski definition) is 6. The molecular weight excluding hydrogens is 380 g/mol. The number of nitrogens with zero attached hydrogens (tertiary/aromatic N) is 1.